The van der Waals surface area contributed by atoms with Crippen molar-refractivity contribution >= 4 is 5.91 Å². The van der Waals surface area contributed by atoms with Crippen molar-refractivity contribution in [3.63, 3.8) is 0 Å². The number of aromatic hydroxyl groups is 1. The SMILES string of the molecule is Cc1ccc(C(=O)N2CC[C@H]3[C@H](C2)OCc2cnnn23)c(O)c1. The first-order valence-electron chi connectivity index (χ1n) is 7.73. The summed E-state index contributed by atoms with van der Waals surface area (Å²) in [5, 5.41) is 18.1. The van der Waals surface area contributed by atoms with Gasteiger partial charge in [-0.3, -0.25) is 4.79 Å². The van der Waals surface area contributed by atoms with Crippen molar-refractivity contribution in [1.29, 1.82) is 0 Å². The third kappa shape index (κ3) is 2.37. The van der Waals surface area contributed by atoms with Gasteiger partial charge in [0.1, 0.15) is 5.75 Å². The number of piperidine rings is 1. The minimum absolute atomic E-state index is 0.0280. The molecule has 0 bridgehead atoms. The molecule has 1 aromatic heterocycles. The lowest BCUT2D eigenvalue weighted by Crippen LogP contribution is -2.50. The summed E-state index contributed by atoms with van der Waals surface area (Å²) in [5.41, 5.74) is 2.24. The predicted octanol–water partition coefficient (Wildman–Crippen LogP) is 1.28. The maximum Gasteiger partial charge on any atom is 0.257 e. The van der Waals surface area contributed by atoms with Crippen LogP contribution in [0.25, 0.3) is 0 Å². The first kappa shape index (κ1) is 14.2. The van der Waals surface area contributed by atoms with Crippen LogP contribution in [0.2, 0.25) is 0 Å². The normalized spacial score (nSPS) is 23.3. The molecule has 2 aliphatic rings. The molecule has 1 saturated heterocycles. The van der Waals surface area contributed by atoms with Gasteiger partial charge in [0.15, 0.2) is 0 Å². The highest BCUT2D eigenvalue weighted by Gasteiger charge is 2.38. The molecule has 1 aromatic carbocycles. The van der Waals surface area contributed by atoms with Gasteiger partial charge < -0.3 is 14.7 Å². The number of hydrogen-bond donors (Lipinski definition) is 1. The molecule has 4 rings (SSSR count). The van der Waals surface area contributed by atoms with Crippen LogP contribution in [0.1, 0.15) is 34.1 Å². The van der Waals surface area contributed by atoms with E-state index in [2.05, 4.69) is 10.3 Å². The van der Waals surface area contributed by atoms with Crippen LogP contribution in [-0.4, -0.2) is 50.1 Å². The van der Waals surface area contributed by atoms with E-state index in [1.54, 1.807) is 23.2 Å². The molecule has 2 aliphatic heterocycles. The number of aryl methyl sites for hydroxylation is 1. The number of nitrogens with zero attached hydrogens (tertiary/aromatic N) is 4. The summed E-state index contributed by atoms with van der Waals surface area (Å²) < 4.78 is 7.79. The zero-order chi connectivity index (χ0) is 16.0. The highest BCUT2D eigenvalue weighted by molar-refractivity contribution is 5.97. The Bertz CT molecular complexity index is 758. The number of benzene rings is 1. The fourth-order valence-corrected chi connectivity index (χ4v) is 3.36. The number of carbonyl (C=O) groups is 1. The molecule has 0 aliphatic carbocycles. The number of carbonyl (C=O) groups excluding carboxylic acids is 1. The number of hydrogen-bond acceptors (Lipinski definition) is 5. The molecular formula is C16H18N4O3. The summed E-state index contributed by atoms with van der Waals surface area (Å²) >= 11 is 0. The van der Waals surface area contributed by atoms with Crippen molar-refractivity contribution in [1.82, 2.24) is 19.9 Å². The summed E-state index contributed by atoms with van der Waals surface area (Å²) in [6.45, 7) is 3.45. The van der Waals surface area contributed by atoms with E-state index in [0.717, 1.165) is 17.7 Å². The first-order valence-corrected chi connectivity index (χ1v) is 7.73. The minimum Gasteiger partial charge on any atom is -0.507 e. The molecule has 1 N–H and O–H groups in total. The van der Waals surface area contributed by atoms with Crippen molar-refractivity contribution in [2.24, 2.45) is 0 Å². The lowest BCUT2D eigenvalue weighted by Gasteiger charge is -2.41. The van der Waals surface area contributed by atoms with Crippen LogP contribution in [-0.2, 0) is 11.3 Å². The second-order valence-corrected chi connectivity index (χ2v) is 6.15. The topological polar surface area (TPSA) is 80.5 Å². The maximum atomic E-state index is 12.7. The van der Waals surface area contributed by atoms with E-state index in [4.69, 9.17) is 4.74 Å². The number of fused-ring (bicyclic) bond motifs is 3. The average Bonchev–Trinajstić information content (AvgIpc) is 3.02. The molecule has 0 unspecified atom stereocenters. The molecule has 2 atom stereocenters. The summed E-state index contributed by atoms with van der Waals surface area (Å²) in [7, 11) is 0. The summed E-state index contributed by atoms with van der Waals surface area (Å²) in [6, 6.07) is 5.24. The molecule has 1 fully saturated rings. The van der Waals surface area contributed by atoms with Crippen molar-refractivity contribution < 1.29 is 14.6 Å². The van der Waals surface area contributed by atoms with E-state index < -0.39 is 0 Å². The number of phenols is 1. The van der Waals surface area contributed by atoms with Crippen LogP contribution in [0.4, 0.5) is 0 Å². The van der Waals surface area contributed by atoms with Gasteiger partial charge in [-0.2, -0.15) is 0 Å². The Morgan fingerprint density at radius 1 is 1.43 bits per heavy atom. The van der Waals surface area contributed by atoms with E-state index >= 15 is 0 Å². The lowest BCUT2D eigenvalue weighted by molar-refractivity contribution is -0.0628. The van der Waals surface area contributed by atoms with Crippen LogP contribution < -0.4 is 0 Å². The predicted molar refractivity (Wildman–Crippen MR) is 81.0 cm³/mol. The molecule has 0 saturated carbocycles. The van der Waals surface area contributed by atoms with Gasteiger partial charge in [0.05, 0.1) is 36.2 Å². The Balaban J connectivity index is 1.54. The van der Waals surface area contributed by atoms with Gasteiger partial charge in [0, 0.05) is 13.1 Å². The van der Waals surface area contributed by atoms with Gasteiger partial charge in [-0.25, -0.2) is 4.68 Å². The second-order valence-electron chi connectivity index (χ2n) is 6.15. The summed E-state index contributed by atoms with van der Waals surface area (Å²) in [5.74, 6) is -0.130. The standard InChI is InChI=1S/C16H18N4O3/c1-10-2-3-12(14(21)6-10)16(22)19-5-4-13-15(8-19)23-9-11-7-17-18-20(11)13/h2-3,6-7,13,15,21H,4-5,8-9H2,1H3/t13-,15-/m0/s1. The fraction of sp³-hybridized carbons (Fsp3) is 0.438. The van der Waals surface area contributed by atoms with Crippen LogP contribution in [0, 0.1) is 6.92 Å². The number of rotatable bonds is 1. The maximum absolute atomic E-state index is 12.7. The van der Waals surface area contributed by atoms with Crippen molar-refractivity contribution in [3.05, 3.63) is 41.2 Å². The van der Waals surface area contributed by atoms with E-state index in [-0.39, 0.29) is 23.8 Å². The average molecular weight is 314 g/mol. The highest BCUT2D eigenvalue weighted by atomic mass is 16.5. The zero-order valence-electron chi connectivity index (χ0n) is 12.8. The Labute approximate surface area is 133 Å². The van der Waals surface area contributed by atoms with Gasteiger partial charge in [0.2, 0.25) is 0 Å². The van der Waals surface area contributed by atoms with Crippen molar-refractivity contribution in [2.45, 2.75) is 32.1 Å². The smallest absolute Gasteiger partial charge is 0.257 e. The van der Waals surface area contributed by atoms with Crippen LogP contribution >= 0.6 is 0 Å². The summed E-state index contributed by atoms with van der Waals surface area (Å²) in [6.07, 6.45) is 2.40. The van der Waals surface area contributed by atoms with E-state index in [9.17, 15) is 9.90 Å². The first-order chi connectivity index (χ1) is 11.1. The monoisotopic (exact) mass is 314 g/mol. The molecule has 7 heteroatoms. The number of likely N-dealkylation sites (tertiary alicyclic amines) is 1. The largest absolute Gasteiger partial charge is 0.507 e. The van der Waals surface area contributed by atoms with Gasteiger partial charge in [0.25, 0.3) is 5.91 Å². The van der Waals surface area contributed by atoms with Crippen molar-refractivity contribution in [3.8, 4) is 5.75 Å². The van der Waals surface area contributed by atoms with Gasteiger partial charge in [-0.05, 0) is 31.0 Å². The lowest BCUT2D eigenvalue weighted by atomic mass is 9.99. The fourth-order valence-electron chi connectivity index (χ4n) is 3.36. The molecule has 2 aromatic rings. The zero-order valence-corrected chi connectivity index (χ0v) is 12.8. The second kappa shape index (κ2) is 5.34. The van der Waals surface area contributed by atoms with Crippen LogP contribution in [0.5, 0.6) is 5.75 Å². The van der Waals surface area contributed by atoms with Crippen molar-refractivity contribution in [2.75, 3.05) is 13.1 Å². The van der Waals surface area contributed by atoms with Gasteiger partial charge in [-0.1, -0.05) is 11.3 Å². The molecule has 0 radical (unpaired) electrons. The molecule has 1 amide bonds. The molecule has 0 spiro atoms. The van der Waals surface area contributed by atoms with Crippen LogP contribution in [0.15, 0.2) is 24.4 Å². The number of ether oxygens (including phenoxy) is 1. The number of amides is 1. The number of aromatic nitrogens is 3. The Kier molecular flexibility index (Phi) is 3.30. The minimum atomic E-state index is -0.158. The third-order valence-corrected chi connectivity index (χ3v) is 4.60. The third-order valence-electron chi connectivity index (χ3n) is 4.60. The Hall–Kier alpha value is -2.41. The van der Waals surface area contributed by atoms with Gasteiger partial charge in [-0.15, -0.1) is 5.10 Å². The van der Waals surface area contributed by atoms with E-state index in [1.807, 2.05) is 17.7 Å². The number of phenolic OH excluding ortho intramolecular Hbond substituents is 1. The highest BCUT2D eigenvalue weighted by Crippen LogP contribution is 2.31. The van der Waals surface area contributed by atoms with Crippen LogP contribution in [0.3, 0.4) is 0 Å². The van der Waals surface area contributed by atoms with Gasteiger partial charge >= 0.3 is 0 Å². The molecule has 7 nitrogen and oxygen atoms in total. The Morgan fingerprint density at radius 2 is 2.30 bits per heavy atom. The molecule has 23 heavy (non-hydrogen) atoms. The Morgan fingerprint density at radius 3 is 3.13 bits per heavy atom. The van der Waals surface area contributed by atoms with E-state index in [1.165, 1.54) is 0 Å². The molecule has 120 valence electrons. The molecular weight excluding hydrogens is 296 g/mol. The quantitative estimate of drug-likeness (QED) is 0.857. The summed E-state index contributed by atoms with van der Waals surface area (Å²) in [4.78, 5) is 14.4. The van der Waals surface area contributed by atoms with E-state index in [0.29, 0.717) is 25.3 Å². The molecule has 3 heterocycles.